The number of urea groups is 1. The first-order chi connectivity index (χ1) is 16.5. The van der Waals surface area contributed by atoms with Gasteiger partial charge in [0.25, 0.3) is 0 Å². The molecule has 7 nitrogen and oxygen atoms in total. The van der Waals surface area contributed by atoms with Crippen LogP contribution in [0.4, 0.5) is 16.3 Å². The van der Waals surface area contributed by atoms with Gasteiger partial charge in [0.1, 0.15) is 12.4 Å². The molecule has 3 amide bonds. The molecule has 0 radical (unpaired) electrons. The van der Waals surface area contributed by atoms with E-state index in [9.17, 15) is 9.59 Å². The minimum absolute atomic E-state index is 0.0829. The van der Waals surface area contributed by atoms with Gasteiger partial charge >= 0.3 is 6.03 Å². The molecule has 0 spiro atoms. The van der Waals surface area contributed by atoms with Gasteiger partial charge in [0.05, 0.1) is 11.4 Å². The molecule has 0 aliphatic rings. The second-order valence-corrected chi connectivity index (χ2v) is 10.2. The fraction of sp³-hybridized carbons (Fsp3) is 0.393. The molecule has 0 saturated heterocycles. The molecular formula is C28H37N5O2. The van der Waals surface area contributed by atoms with Crippen molar-refractivity contribution in [3.8, 4) is 5.69 Å². The highest BCUT2D eigenvalue weighted by atomic mass is 16.2. The van der Waals surface area contributed by atoms with Crippen LogP contribution in [-0.4, -0.2) is 39.2 Å². The number of carbonyl (C=O) groups is 2. The summed E-state index contributed by atoms with van der Waals surface area (Å²) in [5, 5.41) is 10.6. The van der Waals surface area contributed by atoms with Crippen LogP contribution in [0, 0.1) is 6.92 Å². The number of nitrogens with zero attached hydrogens (tertiary/aromatic N) is 3. The summed E-state index contributed by atoms with van der Waals surface area (Å²) in [7, 11) is 0. The second-order valence-electron chi connectivity index (χ2n) is 10.2. The fourth-order valence-electron chi connectivity index (χ4n) is 3.56. The largest absolute Gasteiger partial charge is 0.322 e. The average molecular weight is 476 g/mol. The zero-order chi connectivity index (χ0) is 25.8. The maximum absolute atomic E-state index is 13.1. The normalized spacial score (nSPS) is 11.4. The lowest BCUT2D eigenvalue weighted by Gasteiger charge is -2.26. The highest BCUT2D eigenvalue weighted by Crippen LogP contribution is 2.26. The fourth-order valence-corrected chi connectivity index (χ4v) is 3.56. The predicted molar refractivity (Wildman–Crippen MR) is 142 cm³/mol. The van der Waals surface area contributed by atoms with E-state index in [2.05, 4.69) is 38.3 Å². The van der Waals surface area contributed by atoms with E-state index >= 15 is 0 Å². The third kappa shape index (κ3) is 6.72. The maximum atomic E-state index is 13.1. The van der Waals surface area contributed by atoms with Gasteiger partial charge in [-0.2, -0.15) is 5.10 Å². The summed E-state index contributed by atoms with van der Waals surface area (Å²) in [5.74, 6) is 0.284. The first-order valence-corrected chi connectivity index (χ1v) is 12.1. The van der Waals surface area contributed by atoms with Gasteiger partial charge in [-0.3, -0.25) is 4.79 Å². The Labute approximate surface area is 208 Å². The molecule has 186 valence electrons. The van der Waals surface area contributed by atoms with E-state index in [-0.39, 0.29) is 29.9 Å². The topological polar surface area (TPSA) is 79.3 Å². The molecule has 0 atom stereocenters. The number of benzene rings is 2. The molecule has 0 aliphatic carbocycles. The average Bonchev–Trinajstić information content (AvgIpc) is 3.22. The smallest absolute Gasteiger partial charge is 0.313 e. The molecule has 0 aliphatic heterocycles. The van der Waals surface area contributed by atoms with Crippen LogP contribution in [0.5, 0.6) is 0 Å². The highest BCUT2D eigenvalue weighted by molar-refractivity contribution is 5.97. The summed E-state index contributed by atoms with van der Waals surface area (Å²) < 4.78 is 1.74. The Bertz CT molecular complexity index is 1160. The van der Waals surface area contributed by atoms with E-state index < -0.39 is 0 Å². The van der Waals surface area contributed by atoms with E-state index in [1.54, 1.807) is 4.68 Å². The Hall–Kier alpha value is -3.61. The second kappa shape index (κ2) is 10.8. The summed E-state index contributed by atoms with van der Waals surface area (Å²) in [6.45, 7) is 14.1. The summed E-state index contributed by atoms with van der Waals surface area (Å²) in [6.07, 6.45) is 0.933. The van der Waals surface area contributed by atoms with E-state index in [0.29, 0.717) is 11.5 Å². The molecule has 35 heavy (non-hydrogen) atoms. The SMILES string of the molecule is CCc1ccc(NC(=O)N(CC(=O)Nc2cc(C(C)(C)C)nn2-c2ccc(C)cc2)C(C)C)cc1. The Morgan fingerprint density at radius 1 is 1.00 bits per heavy atom. The predicted octanol–water partition coefficient (Wildman–Crippen LogP) is 5.92. The minimum atomic E-state index is -0.318. The van der Waals surface area contributed by atoms with Crippen molar-refractivity contribution in [1.29, 1.82) is 0 Å². The molecule has 0 bridgehead atoms. The van der Waals surface area contributed by atoms with Gasteiger partial charge in [-0.1, -0.05) is 57.5 Å². The quantitative estimate of drug-likeness (QED) is 0.445. The zero-order valence-electron chi connectivity index (χ0n) is 21.8. The van der Waals surface area contributed by atoms with E-state index in [0.717, 1.165) is 23.4 Å². The van der Waals surface area contributed by atoms with Crippen molar-refractivity contribution < 1.29 is 9.59 Å². The lowest BCUT2D eigenvalue weighted by Crippen LogP contribution is -2.44. The first-order valence-electron chi connectivity index (χ1n) is 12.1. The molecule has 7 heteroatoms. The zero-order valence-corrected chi connectivity index (χ0v) is 21.8. The maximum Gasteiger partial charge on any atom is 0.322 e. The van der Waals surface area contributed by atoms with Crippen LogP contribution in [0.1, 0.15) is 58.4 Å². The van der Waals surface area contributed by atoms with Crippen molar-refractivity contribution in [1.82, 2.24) is 14.7 Å². The Morgan fingerprint density at radius 3 is 2.17 bits per heavy atom. The summed E-state index contributed by atoms with van der Waals surface area (Å²) in [6, 6.07) is 17.1. The van der Waals surface area contributed by atoms with Gasteiger partial charge in [0.2, 0.25) is 5.91 Å². The third-order valence-corrected chi connectivity index (χ3v) is 5.84. The first kappa shape index (κ1) is 26.0. The molecule has 3 aromatic rings. The standard InChI is InChI=1S/C28H37N5O2/c1-8-21-11-13-22(14-12-21)29-27(35)32(19(2)3)18-26(34)30-25-17-24(28(5,6)7)31-33(25)23-15-9-20(4)10-16-23/h9-17,19H,8,18H2,1-7H3,(H,29,35)(H,30,34). The number of carbonyl (C=O) groups excluding carboxylic acids is 2. The van der Waals surface area contributed by atoms with Crippen LogP contribution in [0.25, 0.3) is 5.69 Å². The molecular weight excluding hydrogens is 438 g/mol. The molecule has 3 rings (SSSR count). The van der Waals surface area contributed by atoms with Crippen molar-refractivity contribution >= 4 is 23.4 Å². The van der Waals surface area contributed by atoms with Crippen molar-refractivity contribution in [2.45, 2.75) is 66.3 Å². The Balaban J connectivity index is 1.78. The van der Waals surface area contributed by atoms with Gasteiger partial charge in [0, 0.05) is 23.2 Å². The van der Waals surface area contributed by atoms with Crippen LogP contribution in [0.15, 0.2) is 54.6 Å². The molecule has 2 aromatic carbocycles. The number of nitrogens with one attached hydrogen (secondary N) is 2. The molecule has 1 heterocycles. The number of anilines is 2. The lowest BCUT2D eigenvalue weighted by atomic mass is 9.92. The lowest BCUT2D eigenvalue weighted by molar-refractivity contribution is -0.117. The van der Waals surface area contributed by atoms with Gasteiger partial charge < -0.3 is 15.5 Å². The van der Waals surface area contributed by atoms with E-state index in [4.69, 9.17) is 5.10 Å². The van der Waals surface area contributed by atoms with E-state index in [1.165, 1.54) is 10.5 Å². The van der Waals surface area contributed by atoms with Crippen LogP contribution in [0.2, 0.25) is 0 Å². The van der Waals surface area contributed by atoms with Gasteiger partial charge in [0.15, 0.2) is 0 Å². The number of aromatic nitrogens is 2. The van der Waals surface area contributed by atoms with Gasteiger partial charge in [-0.05, 0) is 57.0 Å². The van der Waals surface area contributed by atoms with Crippen LogP contribution in [-0.2, 0) is 16.6 Å². The van der Waals surface area contributed by atoms with Gasteiger partial charge in [-0.15, -0.1) is 0 Å². The third-order valence-electron chi connectivity index (χ3n) is 5.84. The van der Waals surface area contributed by atoms with E-state index in [1.807, 2.05) is 75.4 Å². The summed E-state index contributed by atoms with van der Waals surface area (Å²) >= 11 is 0. The molecule has 0 unspecified atom stereocenters. The van der Waals surface area contributed by atoms with Crippen molar-refractivity contribution in [2.75, 3.05) is 17.2 Å². The number of hydrogen-bond donors (Lipinski definition) is 2. The molecule has 2 N–H and O–H groups in total. The number of hydrogen-bond acceptors (Lipinski definition) is 3. The Kier molecular flexibility index (Phi) is 7.99. The van der Waals surface area contributed by atoms with Crippen LogP contribution >= 0.6 is 0 Å². The van der Waals surface area contributed by atoms with Crippen molar-refractivity contribution in [2.24, 2.45) is 0 Å². The highest BCUT2D eigenvalue weighted by Gasteiger charge is 2.24. The number of rotatable bonds is 7. The molecule has 1 aromatic heterocycles. The number of amides is 3. The monoisotopic (exact) mass is 475 g/mol. The van der Waals surface area contributed by atoms with Gasteiger partial charge in [-0.25, -0.2) is 9.48 Å². The molecule has 0 saturated carbocycles. The minimum Gasteiger partial charge on any atom is -0.313 e. The van der Waals surface area contributed by atoms with Crippen molar-refractivity contribution in [3.63, 3.8) is 0 Å². The summed E-state index contributed by atoms with van der Waals surface area (Å²) in [4.78, 5) is 27.6. The summed E-state index contributed by atoms with van der Waals surface area (Å²) in [5.41, 5.74) is 4.57. The van der Waals surface area contributed by atoms with Crippen molar-refractivity contribution in [3.05, 3.63) is 71.4 Å². The van der Waals surface area contributed by atoms with Crippen LogP contribution < -0.4 is 10.6 Å². The Morgan fingerprint density at radius 2 is 1.63 bits per heavy atom. The van der Waals surface area contributed by atoms with Crippen LogP contribution in [0.3, 0.4) is 0 Å². The number of aryl methyl sites for hydroxylation is 2. The molecule has 0 fully saturated rings.